The number of fused-ring (bicyclic) bond motifs is 1. The second-order valence-electron chi connectivity index (χ2n) is 5.67. The maximum Gasteiger partial charge on any atom is 0.249 e. The van der Waals surface area contributed by atoms with E-state index in [0.29, 0.717) is 18.8 Å². The van der Waals surface area contributed by atoms with Gasteiger partial charge in [0, 0.05) is 13.0 Å². The van der Waals surface area contributed by atoms with Gasteiger partial charge < -0.3 is 5.73 Å². The molecule has 2 heterocycles. The summed E-state index contributed by atoms with van der Waals surface area (Å²) in [6.45, 7) is 2.12. The Balaban J connectivity index is 1.90. The maximum absolute atomic E-state index is 12.8. The fourth-order valence-corrected chi connectivity index (χ4v) is 3.11. The molecule has 7 heteroatoms. The van der Waals surface area contributed by atoms with Gasteiger partial charge in [-0.25, -0.2) is 0 Å². The van der Waals surface area contributed by atoms with Crippen molar-refractivity contribution in [1.82, 2.24) is 10.2 Å². The predicted octanol–water partition coefficient (Wildman–Crippen LogP) is -0.508. The molecule has 0 saturated carbocycles. The van der Waals surface area contributed by atoms with Crippen LogP contribution in [0.25, 0.3) is 0 Å². The van der Waals surface area contributed by atoms with Crippen molar-refractivity contribution >= 4 is 23.6 Å². The number of amidine groups is 1. The summed E-state index contributed by atoms with van der Waals surface area (Å²) in [5.74, 6) is -0.800. The molecule has 3 unspecified atom stereocenters. The van der Waals surface area contributed by atoms with Crippen molar-refractivity contribution in [3.63, 3.8) is 0 Å². The Morgan fingerprint density at radius 1 is 1.41 bits per heavy atom. The van der Waals surface area contributed by atoms with Gasteiger partial charge in [-0.1, -0.05) is 18.2 Å². The Kier molecular flexibility index (Phi) is 3.66. The van der Waals surface area contributed by atoms with E-state index in [0.717, 1.165) is 5.57 Å². The van der Waals surface area contributed by atoms with Gasteiger partial charge in [-0.05, 0) is 18.9 Å². The van der Waals surface area contributed by atoms with Crippen molar-refractivity contribution in [2.75, 3.05) is 6.54 Å². The van der Waals surface area contributed by atoms with Gasteiger partial charge >= 0.3 is 0 Å². The quantitative estimate of drug-likeness (QED) is 0.670. The van der Waals surface area contributed by atoms with Gasteiger partial charge in [0.25, 0.3) is 0 Å². The molecule has 0 aromatic rings. The lowest BCUT2D eigenvalue weighted by atomic mass is 9.88. The van der Waals surface area contributed by atoms with Gasteiger partial charge in [-0.3, -0.25) is 29.6 Å². The third-order valence-electron chi connectivity index (χ3n) is 4.24. The van der Waals surface area contributed by atoms with Crippen LogP contribution in [0.3, 0.4) is 0 Å². The van der Waals surface area contributed by atoms with Gasteiger partial charge in [-0.15, -0.1) is 0 Å². The van der Waals surface area contributed by atoms with Crippen molar-refractivity contribution < 1.29 is 14.4 Å². The van der Waals surface area contributed by atoms with Gasteiger partial charge in [0.1, 0.15) is 11.9 Å². The highest BCUT2D eigenvalue weighted by Gasteiger charge is 2.42. The van der Waals surface area contributed by atoms with Crippen molar-refractivity contribution in [1.29, 1.82) is 0 Å². The van der Waals surface area contributed by atoms with Gasteiger partial charge in [0.2, 0.25) is 17.7 Å². The molecule has 0 bridgehead atoms. The normalized spacial score (nSPS) is 31.5. The Labute approximate surface area is 127 Å². The van der Waals surface area contributed by atoms with E-state index in [1.54, 1.807) is 13.0 Å². The van der Waals surface area contributed by atoms with E-state index in [1.165, 1.54) is 4.90 Å². The molecule has 3 amide bonds. The predicted molar refractivity (Wildman–Crippen MR) is 79.7 cm³/mol. The third kappa shape index (κ3) is 2.37. The standard InChI is InChI=1S/C15H18N4O3/c1-8-17-11-6-9(7-16)2-3-10(11)15(22)19(8)12-4-5-13(20)18-14(12)21/h2-3,6,10-12H,4-5,7,16H2,1H3,(H,18,20,21). The number of nitrogens with two attached hydrogens (primary N) is 1. The second-order valence-corrected chi connectivity index (χ2v) is 5.67. The van der Waals surface area contributed by atoms with E-state index in [-0.39, 0.29) is 24.3 Å². The molecular formula is C15H18N4O3. The molecule has 22 heavy (non-hydrogen) atoms. The van der Waals surface area contributed by atoms with Crippen molar-refractivity contribution in [2.45, 2.75) is 31.8 Å². The molecule has 0 radical (unpaired) electrons. The van der Waals surface area contributed by atoms with Crippen LogP contribution in [0.5, 0.6) is 0 Å². The zero-order valence-electron chi connectivity index (χ0n) is 12.3. The fourth-order valence-electron chi connectivity index (χ4n) is 3.11. The van der Waals surface area contributed by atoms with E-state index >= 15 is 0 Å². The molecule has 116 valence electrons. The zero-order chi connectivity index (χ0) is 15.9. The summed E-state index contributed by atoms with van der Waals surface area (Å²) in [6, 6.07) is -0.927. The van der Waals surface area contributed by atoms with Crippen LogP contribution in [0.1, 0.15) is 19.8 Å². The van der Waals surface area contributed by atoms with Crippen LogP contribution in [0, 0.1) is 5.92 Å². The number of piperidine rings is 1. The first kappa shape index (κ1) is 14.6. The Hall–Kier alpha value is -2.28. The van der Waals surface area contributed by atoms with Gasteiger partial charge in [0.15, 0.2) is 0 Å². The zero-order valence-corrected chi connectivity index (χ0v) is 12.3. The summed E-state index contributed by atoms with van der Waals surface area (Å²) in [7, 11) is 0. The second kappa shape index (κ2) is 5.49. The topological polar surface area (TPSA) is 105 Å². The molecule has 3 rings (SSSR count). The minimum absolute atomic E-state index is 0.157. The smallest absolute Gasteiger partial charge is 0.249 e. The lowest BCUT2D eigenvalue weighted by Crippen LogP contribution is -2.59. The molecule has 2 aliphatic heterocycles. The van der Waals surface area contributed by atoms with Crippen molar-refractivity contribution in [2.24, 2.45) is 16.6 Å². The minimum atomic E-state index is -0.664. The van der Waals surface area contributed by atoms with Crippen LogP contribution in [0.15, 0.2) is 28.8 Å². The van der Waals surface area contributed by atoms with E-state index in [4.69, 9.17) is 5.73 Å². The number of nitrogens with one attached hydrogen (secondary N) is 1. The molecule has 1 aliphatic carbocycles. The Morgan fingerprint density at radius 2 is 2.18 bits per heavy atom. The van der Waals surface area contributed by atoms with E-state index in [2.05, 4.69) is 10.3 Å². The van der Waals surface area contributed by atoms with Gasteiger partial charge in [-0.2, -0.15) is 0 Å². The number of aliphatic imine (C=N–C) groups is 1. The third-order valence-corrected chi connectivity index (χ3v) is 4.24. The number of carbonyl (C=O) groups excluding carboxylic acids is 3. The Morgan fingerprint density at radius 3 is 2.86 bits per heavy atom. The summed E-state index contributed by atoms with van der Waals surface area (Å²) < 4.78 is 0. The number of nitrogens with zero attached hydrogens (tertiary/aromatic N) is 2. The highest BCUT2D eigenvalue weighted by Crippen LogP contribution is 2.28. The van der Waals surface area contributed by atoms with Crippen LogP contribution in [0.2, 0.25) is 0 Å². The van der Waals surface area contributed by atoms with Crippen LogP contribution in [0.4, 0.5) is 0 Å². The Bertz CT molecular complexity index is 635. The minimum Gasteiger partial charge on any atom is -0.327 e. The number of carbonyl (C=O) groups is 3. The molecule has 1 saturated heterocycles. The van der Waals surface area contributed by atoms with E-state index in [1.807, 2.05) is 12.2 Å². The van der Waals surface area contributed by atoms with Crippen molar-refractivity contribution in [3.05, 3.63) is 23.8 Å². The molecule has 3 atom stereocenters. The summed E-state index contributed by atoms with van der Waals surface area (Å²) in [5, 5.41) is 2.28. The lowest BCUT2D eigenvalue weighted by Gasteiger charge is -2.39. The molecule has 0 aromatic heterocycles. The average molecular weight is 302 g/mol. The summed E-state index contributed by atoms with van der Waals surface area (Å²) >= 11 is 0. The summed E-state index contributed by atoms with van der Waals surface area (Å²) in [4.78, 5) is 42.0. The van der Waals surface area contributed by atoms with Crippen molar-refractivity contribution in [3.8, 4) is 0 Å². The van der Waals surface area contributed by atoms with Crippen LogP contribution in [-0.2, 0) is 14.4 Å². The molecule has 7 nitrogen and oxygen atoms in total. The number of imide groups is 1. The monoisotopic (exact) mass is 302 g/mol. The average Bonchev–Trinajstić information content (AvgIpc) is 2.48. The fraction of sp³-hybridized carbons (Fsp3) is 0.467. The number of hydrogen-bond donors (Lipinski definition) is 2. The summed E-state index contributed by atoms with van der Waals surface area (Å²) in [6.07, 6.45) is 6.08. The highest BCUT2D eigenvalue weighted by molar-refractivity contribution is 6.08. The van der Waals surface area contributed by atoms with E-state index < -0.39 is 17.9 Å². The molecule has 3 N–H and O–H groups in total. The summed E-state index contributed by atoms with van der Waals surface area (Å²) in [5.41, 5.74) is 6.57. The maximum atomic E-state index is 12.8. The first-order chi connectivity index (χ1) is 10.5. The largest absolute Gasteiger partial charge is 0.327 e. The van der Waals surface area contributed by atoms with Crippen LogP contribution >= 0.6 is 0 Å². The van der Waals surface area contributed by atoms with E-state index in [9.17, 15) is 14.4 Å². The first-order valence-electron chi connectivity index (χ1n) is 7.31. The SMILES string of the molecule is CC1=NC2C=C(CN)C=CC2C(=O)N1C1CCC(=O)NC1=O. The molecular weight excluding hydrogens is 284 g/mol. The lowest BCUT2D eigenvalue weighted by molar-refractivity contribution is -0.144. The number of rotatable bonds is 2. The first-order valence-corrected chi connectivity index (χ1v) is 7.31. The van der Waals surface area contributed by atoms with Gasteiger partial charge in [0.05, 0.1) is 12.0 Å². The highest BCUT2D eigenvalue weighted by atomic mass is 16.2. The number of hydrogen-bond acceptors (Lipinski definition) is 5. The molecule has 0 spiro atoms. The number of amides is 3. The van der Waals surface area contributed by atoms with Crippen LogP contribution in [-0.4, -0.2) is 47.1 Å². The molecule has 1 fully saturated rings. The molecule has 3 aliphatic rings. The van der Waals surface area contributed by atoms with Crippen LogP contribution < -0.4 is 11.1 Å². The molecule has 0 aromatic carbocycles.